The molecule has 1 aromatic carbocycles. The van der Waals surface area contributed by atoms with Crippen LogP contribution in [0.5, 0.6) is 11.5 Å². The molecular formula is C17H22N2O2. The zero-order valence-electron chi connectivity index (χ0n) is 13.0. The average Bonchev–Trinajstić information content (AvgIpc) is 2.52. The van der Waals surface area contributed by atoms with Gasteiger partial charge in [0, 0.05) is 11.9 Å². The van der Waals surface area contributed by atoms with E-state index in [1.807, 2.05) is 37.4 Å². The molecule has 0 aliphatic rings. The molecule has 0 radical (unpaired) electrons. The lowest BCUT2D eigenvalue weighted by Gasteiger charge is -2.23. The maximum atomic E-state index is 5.53. The highest BCUT2D eigenvalue weighted by molar-refractivity contribution is 5.50. The largest absolute Gasteiger partial charge is 0.496 e. The number of nitrogens with one attached hydrogen (secondary N) is 1. The summed E-state index contributed by atoms with van der Waals surface area (Å²) in [5, 5.41) is 3.50. The van der Waals surface area contributed by atoms with Gasteiger partial charge in [-0.25, -0.2) is 0 Å². The van der Waals surface area contributed by atoms with Crippen molar-refractivity contribution in [3.05, 3.63) is 53.3 Å². The Morgan fingerprint density at radius 3 is 2.33 bits per heavy atom. The molecule has 2 rings (SSSR count). The van der Waals surface area contributed by atoms with Gasteiger partial charge in [0.1, 0.15) is 11.5 Å². The summed E-state index contributed by atoms with van der Waals surface area (Å²) in [6.07, 6.45) is 1.83. The summed E-state index contributed by atoms with van der Waals surface area (Å²) in [6, 6.07) is 9.95. The topological polar surface area (TPSA) is 43.4 Å². The van der Waals surface area contributed by atoms with Gasteiger partial charge in [-0.05, 0) is 43.3 Å². The maximum absolute atomic E-state index is 5.53. The SMILES string of the molecule is CCNC(c1ccnc(C)c1)c1c(OC)cccc1OC. The standard InChI is InChI=1S/C17H22N2O2/c1-5-18-17(13-9-10-19-12(2)11-13)16-14(20-3)7-6-8-15(16)21-4/h6-11,17-18H,5H2,1-4H3. The predicted molar refractivity (Wildman–Crippen MR) is 84.0 cm³/mol. The van der Waals surface area contributed by atoms with E-state index < -0.39 is 0 Å². The maximum Gasteiger partial charge on any atom is 0.127 e. The van der Waals surface area contributed by atoms with E-state index in [0.29, 0.717) is 0 Å². The number of aromatic nitrogens is 1. The van der Waals surface area contributed by atoms with Crippen LogP contribution in [-0.4, -0.2) is 25.7 Å². The number of hydrogen-bond donors (Lipinski definition) is 1. The zero-order valence-corrected chi connectivity index (χ0v) is 13.0. The van der Waals surface area contributed by atoms with Crippen LogP contribution in [0.4, 0.5) is 0 Å². The number of nitrogens with zero attached hydrogens (tertiary/aromatic N) is 1. The van der Waals surface area contributed by atoms with Crippen molar-refractivity contribution in [2.75, 3.05) is 20.8 Å². The Bertz CT molecular complexity index is 577. The molecule has 21 heavy (non-hydrogen) atoms. The second-order valence-electron chi connectivity index (χ2n) is 4.80. The van der Waals surface area contributed by atoms with Crippen molar-refractivity contribution in [3.8, 4) is 11.5 Å². The molecule has 2 aromatic rings. The Labute approximate surface area is 126 Å². The number of benzene rings is 1. The van der Waals surface area contributed by atoms with Crippen LogP contribution in [0.3, 0.4) is 0 Å². The molecule has 112 valence electrons. The quantitative estimate of drug-likeness (QED) is 0.886. The summed E-state index contributed by atoms with van der Waals surface area (Å²) in [7, 11) is 3.36. The number of rotatable bonds is 6. The lowest BCUT2D eigenvalue weighted by Crippen LogP contribution is -2.23. The van der Waals surface area contributed by atoms with Gasteiger partial charge in [0.25, 0.3) is 0 Å². The molecule has 1 N–H and O–H groups in total. The van der Waals surface area contributed by atoms with Gasteiger partial charge in [0.15, 0.2) is 0 Å². The first kappa shape index (κ1) is 15.3. The zero-order chi connectivity index (χ0) is 15.2. The van der Waals surface area contributed by atoms with Crippen LogP contribution in [-0.2, 0) is 0 Å². The minimum absolute atomic E-state index is 0.00259. The molecule has 0 saturated heterocycles. The van der Waals surface area contributed by atoms with Gasteiger partial charge in [-0.1, -0.05) is 13.0 Å². The summed E-state index contributed by atoms with van der Waals surface area (Å²) >= 11 is 0. The van der Waals surface area contributed by atoms with E-state index >= 15 is 0 Å². The minimum atomic E-state index is 0.00259. The Kier molecular flexibility index (Phi) is 5.17. The molecule has 4 nitrogen and oxygen atoms in total. The van der Waals surface area contributed by atoms with Gasteiger partial charge in [-0.15, -0.1) is 0 Å². The Morgan fingerprint density at radius 1 is 1.14 bits per heavy atom. The van der Waals surface area contributed by atoms with Gasteiger partial charge in [-0.2, -0.15) is 0 Å². The van der Waals surface area contributed by atoms with Gasteiger partial charge >= 0.3 is 0 Å². The van der Waals surface area contributed by atoms with Crippen LogP contribution in [0.15, 0.2) is 36.5 Å². The van der Waals surface area contributed by atoms with Crippen molar-refractivity contribution in [1.29, 1.82) is 0 Å². The number of aryl methyl sites for hydroxylation is 1. The highest BCUT2D eigenvalue weighted by Gasteiger charge is 2.22. The third-order valence-corrected chi connectivity index (χ3v) is 3.42. The average molecular weight is 286 g/mol. The van der Waals surface area contributed by atoms with E-state index in [-0.39, 0.29) is 6.04 Å². The number of pyridine rings is 1. The van der Waals surface area contributed by atoms with Gasteiger partial charge in [-0.3, -0.25) is 4.98 Å². The normalized spacial score (nSPS) is 12.0. The number of methoxy groups -OCH3 is 2. The summed E-state index contributed by atoms with van der Waals surface area (Å²) in [5.41, 5.74) is 3.14. The van der Waals surface area contributed by atoms with Crippen molar-refractivity contribution in [2.45, 2.75) is 19.9 Å². The molecule has 1 atom stereocenters. The summed E-state index contributed by atoms with van der Waals surface area (Å²) < 4.78 is 11.1. The molecule has 0 amide bonds. The van der Waals surface area contributed by atoms with Crippen molar-refractivity contribution in [3.63, 3.8) is 0 Å². The summed E-state index contributed by atoms with van der Waals surface area (Å²) in [6.45, 7) is 4.92. The van der Waals surface area contributed by atoms with E-state index in [1.165, 1.54) is 0 Å². The van der Waals surface area contributed by atoms with Crippen LogP contribution in [0.1, 0.15) is 29.8 Å². The van der Waals surface area contributed by atoms with E-state index in [4.69, 9.17) is 9.47 Å². The van der Waals surface area contributed by atoms with Crippen LogP contribution in [0.25, 0.3) is 0 Å². The van der Waals surface area contributed by atoms with Crippen LogP contribution < -0.4 is 14.8 Å². The number of ether oxygens (including phenoxy) is 2. The Balaban J connectivity index is 2.57. The van der Waals surface area contributed by atoms with Crippen LogP contribution >= 0.6 is 0 Å². The molecule has 1 aromatic heterocycles. The fourth-order valence-corrected chi connectivity index (χ4v) is 2.50. The lowest BCUT2D eigenvalue weighted by molar-refractivity contribution is 0.377. The summed E-state index contributed by atoms with van der Waals surface area (Å²) in [4.78, 5) is 4.27. The second kappa shape index (κ2) is 7.09. The highest BCUT2D eigenvalue weighted by Crippen LogP contribution is 2.37. The monoisotopic (exact) mass is 286 g/mol. The molecule has 1 unspecified atom stereocenters. The van der Waals surface area contributed by atoms with Gasteiger partial charge < -0.3 is 14.8 Å². The Hall–Kier alpha value is -2.07. The van der Waals surface area contributed by atoms with E-state index in [1.54, 1.807) is 14.2 Å². The molecule has 0 saturated carbocycles. The van der Waals surface area contributed by atoms with Gasteiger partial charge in [0.2, 0.25) is 0 Å². The minimum Gasteiger partial charge on any atom is -0.496 e. The van der Waals surface area contributed by atoms with Crippen molar-refractivity contribution in [1.82, 2.24) is 10.3 Å². The third-order valence-electron chi connectivity index (χ3n) is 3.42. The smallest absolute Gasteiger partial charge is 0.127 e. The first-order valence-corrected chi connectivity index (χ1v) is 7.08. The fraction of sp³-hybridized carbons (Fsp3) is 0.353. The highest BCUT2D eigenvalue weighted by atomic mass is 16.5. The molecule has 1 heterocycles. The third kappa shape index (κ3) is 3.34. The molecule has 4 heteroatoms. The molecule has 0 spiro atoms. The molecule has 0 fully saturated rings. The fourth-order valence-electron chi connectivity index (χ4n) is 2.50. The molecule has 0 aliphatic heterocycles. The second-order valence-corrected chi connectivity index (χ2v) is 4.80. The van der Waals surface area contributed by atoms with Crippen LogP contribution in [0, 0.1) is 6.92 Å². The molecular weight excluding hydrogens is 264 g/mol. The van der Waals surface area contributed by atoms with E-state index in [2.05, 4.69) is 23.3 Å². The van der Waals surface area contributed by atoms with Crippen molar-refractivity contribution >= 4 is 0 Å². The predicted octanol–water partition coefficient (Wildman–Crippen LogP) is 3.11. The first-order valence-electron chi connectivity index (χ1n) is 7.08. The van der Waals surface area contributed by atoms with Crippen LogP contribution in [0.2, 0.25) is 0 Å². The van der Waals surface area contributed by atoms with E-state index in [9.17, 15) is 0 Å². The van der Waals surface area contributed by atoms with Gasteiger partial charge in [0.05, 0.1) is 25.8 Å². The van der Waals surface area contributed by atoms with Crippen molar-refractivity contribution in [2.24, 2.45) is 0 Å². The Morgan fingerprint density at radius 2 is 1.81 bits per heavy atom. The van der Waals surface area contributed by atoms with E-state index in [0.717, 1.165) is 34.9 Å². The molecule has 0 bridgehead atoms. The summed E-state index contributed by atoms with van der Waals surface area (Å²) in [5.74, 6) is 1.63. The van der Waals surface area contributed by atoms with Crippen molar-refractivity contribution < 1.29 is 9.47 Å². The number of hydrogen-bond acceptors (Lipinski definition) is 4. The first-order chi connectivity index (χ1) is 10.2. The molecule has 0 aliphatic carbocycles. The lowest BCUT2D eigenvalue weighted by atomic mass is 9.97.